The summed E-state index contributed by atoms with van der Waals surface area (Å²) in [6.07, 6.45) is -4.92. The Morgan fingerprint density at radius 1 is 0.637 bits per heavy atom. The normalized spacial score (nSPS) is 14.6. The average Bonchev–Trinajstić information content (AvgIpc) is 1.51. The molecule has 8 N–H and O–H groups in total. The van der Waals surface area contributed by atoms with E-state index in [1.165, 1.54) is 68.8 Å². The summed E-state index contributed by atoms with van der Waals surface area (Å²) < 4.78 is 181. The molecule has 1 aliphatic rings. The van der Waals surface area contributed by atoms with Crippen LogP contribution in [0, 0.1) is 17.5 Å². The van der Waals surface area contributed by atoms with Crippen LogP contribution in [0.5, 0.6) is 0 Å². The highest BCUT2D eigenvalue weighted by atomic mass is 19.4. The Labute approximate surface area is 513 Å². The molecule has 2 atom stereocenters. The van der Waals surface area contributed by atoms with E-state index < -0.39 is 110 Å². The molecule has 2 aromatic carbocycles. The molecular formula is C57H63F14N17O3. The summed E-state index contributed by atoms with van der Waals surface area (Å²) >= 11 is 0. The minimum Gasteiger partial charge on any atom is -0.360 e. The Balaban J connectivity index is 0.000000484. The van der Waals surface area contributed by atoms with Gasteiger partial charge in [-0.2, -0.15) is 39.5 Å². The molecule has 492 valence electrons. The van der Waals surface area contributed by atoms with Gasteiger partial charge in [0.1, 0.15) is 83.5 Å². The summed E-state index contributed by atoms with van der Waals surface area (Å²) in [5.41, 5.74) is 2.00. The molecule has 91 heavy (non-hydrogen) atoms. The van der Waals surface area contributed by atoms with E-state index in [1.807, 2.05) is 10.6 Å². The molecule has 34 heteroatoms. The van der Waals surface area contributed by atoms with Crippen LogP contribution in [-0.4, -0.2) is 141 Å². The first-order valence-corrected chi connectivity index (χ1v) is 27.0. The number of hydrogen-bond donors (Lipinski definition) is 8. The second-order valence-electron chi connectivity index (χ2n) is 20.8. The number of carbonyl (C=O) groups is 3. The van der Waals surface area contributed by atoms with E-state index in [4.69, 9.17) is 0 Å². The van der Waals surface area contributed by atoms with E-state index in [-0.39, 0.29) is 51.3 Å². The van der Waals surface area contributed by atoms with Gasteiger partial charge in [0.25, 0.3) is 5.92 Å². The van der Waals surface area contributed by atoms with Crippen LogP contribution in [0.3, 0.4) is 0 Å². The van der Waals surface area contributed by atoms with E-state index in [2.05, 4.69) is 65.5 Å². The van der Waals surface area contributed by atoms with Crippen molar-refractivity contribution in [2.24, 2.45) is 0 Å². The van der Waals surface area contributed by atoms with Crippen LogP contribution in [0.4, 0.5) is 78.9 Å². The van der Waals surface area contributed by atoms with Crippen LogP contribution in [0.2, 0.25) is 0 Å². The Kier molecular flexibility index (Phi) is 18.6. The number of amides is 3. The zero-order valence-corrected chi connectivity index (χ0v) is 47.3. The molecule has 3 amide bonds. The number of fused-ring (bicyclic) bond motifs is 4. The standard InChI is InChI=1S/C21H18F4N6O.C18H14F6N6O.C18H17F4N5O.7H2/c1-20(2,19(32)28-10-21(23,24)25)31-18-12-5-3-4-6-15(12)29-17(30-18)14-9-27-16-13(14)7-11(22)8-26-16;19-9-3-10-11(6-27-14(10)26-5-9)15-25-2-1-13(29-15)30-8-17(20,21)4-12(30)16(31)28-7-18(22,23)24;1-2-13(17(28)25-9-18(20,21)22)26-15-5-6-23-16(27-15)12-8-24-14-4-3-10(19)7-11(12)14;;;;;;;/h3-9H,10H2,1-2H3,(H,26,27)(H,28,32)(H,29,30,31);1-3,5-6,12H,4,7-8H2,(H,26,27)(H,28,31);3-8,13,24H,2,9H2,1H3,(H,25,28)(H,23,26,27);7*1H/t;12-;13-;;;;;;;/m.11......./s1. The molecule has 9 heterocycles. The van der Waals surface area contributed by atoms with Gasteiger partial charge < -0.3 is 46.4 Å². The number of halogens is 14. The van der Waals surface area contributed by atoms with Gasteiger partial charge in [-0.25, -0.2) is 61.8 Å². The molecule has 1 fully saturated rings. The van der Waals surface area contributed by atoms with Crippen LogP contribution in [0.25, 0.3) is 78.0 Å². The lowest BCUT2D eigenvalue weighted by atomic mass is 10.0. The SMILES string of the molecule is CC(C)(Nc1nc(-c2c[nH]c3ncc(F)cc23)nc2ccccc12)C(=O)NCC(F)(F)F.CC[C@@H](Nc1ccnc(-c2c[nH]c3ccc(F)cc23)n1)C(=O)NCC(F)(F)F.O=C(NCC(F)(F)F)[C@H]1CC(F)(F)CN1c1ccnc(-c2c[nH]c3ncc(F)cc23)n1.[HH].[HH].[HH].[HH].[HH].[HH].[HH]. The Hall–Kier alpha value is -10.3. The van der Waals surface area contributed by atoms with Gasteiger partial charge in [0.2, 0.25) is 17.7 Å². The number of nitrogens with zero attached hydrogens (tertiary/aromatic N) is 9. The third-order valence-electron chi connectivity index (χ3n) is 13.5. The molecule has 11 rings (SSSR count). The van der Waals surface area contributed by atoms with Gasteiger partial charge in [0.05, 0.1) is 24.5 Å². The maximum absolute atomic E-state index is 14.0. The lowest BCUT2D eigenvalue weighted by molar-refractivity contribution is -0.140. The van der Waals surface area contributed by atoms with Gasteiger partial charge in [-0.05, 0) is 74.9 Å². The van der Waals surface area contributed by atoms with Crippen molar-refractivity contribution in [1.29, 1.82) is 0 Å². The fourth-order valence-corrected chi connectivity index (χ4v) is 9.30. The van der Waals surface area contributed by atoms with Crippen molar-refractivity contribution in [3.8, 4) is 34.2 Å². The van der Waals surface area contributed by atoms with Gasteiger partial charge in [-0.15, -0.1) is 0 Å². The Morgan fingerprint density at radius 3 is 1.84 bits per heavy atom. The highest BCUT2D eigenvalue weighted by Crippen LogP contribution is 2.37. The summed E-state index contributed by atoms with van der Waals surface area (Å²) in [6, 6.07) is 14.0. The summed E-state index contributed by atoms with van der Waals surface area (Å²) in [4.78, 5) is 79.9. The second kappa shape index (κ2) is 26.0. The first-order valence-electron chi connectivity index (χ1n) is 27.0. The largest absolute Gasteiger partial charge is 0.405 e. The van der Waals surface area contributed by atoms with Gasteiger partial charge in [0.15, 0.2) is 17.5 Å². The monoisotopic (exact) mass is 1300 g/mol. The average molecular weight is 1300 g/mol. The van der Waals surface area contributed by atoms with Crippen molar-refractivity contribution in [2.75, 3.05) is 41.7 Å². The number of anilines is 3. The number of carbonyl (C=O) groups excluding carboxylic acids is 3. The van der Waals surface area contributed by atoms with E-state index in [1.54, 1.807) is 55.0 Å². The van der Waals surface area contributed by atoms with Crippen molar-refractivity contribution >= 4 is 79.0 Å². The number of aromatic amines is 3. The molecule has 0 radical (unpaired) electrons. The van der Waals surface area contributed by atoms with E-state index in [0.717, 1.165) is 17.3 Å². The highest BCUT2D eigenvalue weighted by molar-refractivity contribution is 5.98. The number of benzene rings is 2. The number of para-hydroxylation sites is 1. The minimum atomic E-state index is -4.68. The molecular weight excluding hydrogens is 1240 g/mol. The molecule has 10 aromatic rings. The fraction of sp³-hybridized carbons (Fsp3) is 0.281. The number of aromatic nitrogens is 11. The van der Waals surface area contributed by atoms with Crippen LogP contribution in [0.15, 0.2) is 110 Å². The molecule has 8 aromatic heterocycles. The number of alkyl halides is 11. The van der Waals surface area contributed by atoms with Gasteiger partial charge in [-0.3, -0.25) is 14.4 Å². The maximum Gasteiger partial charge on any atom is 0.405 e. The van der Waals surface area contributed by atoms with Crippen LogP contribution >= 0.6 is 0 Å². The van der Waals surface area contributed by atoms with Gasteiger partial charge in [0, 0.05) is 91.1 Å². The smallest absolute Gasteiger partial charge is 0.360 e. The van der Waals surface area contributed by atoms with Crippen molar-refractivity contribution < 1.29 is 85.8 Å². The van der Waals surface area contributed by atoms with Crippen molar-refractivity contribution in [2.45, 2.75) is 75.7 Å². The first kappa shape index (κ1) is 65.1. The lowest BCUT2D eigenvalue weighted by Gasteiger charge is -2.26. The number of H-pyrrole nitrogens is 3. The summed E-state index contributed by atoms with van der Waals surface area (Å²) in [6.45, 7) is -0.835. The van der Waals surface area contributed by atoms with Gasteiger partial charge in [-0.1, -0.05) is 19.1 Å². The fourth-order valence-electron chi connectivity index (χ4n) is 9.30. The molecule has 0 saturated carbocycles. The zero-order chi connectivity index (χ0) is 65.8. The molecule has 1 saturated heterocycles. The van der Waals surface area contributed by atoms with Crippen LogP contribution in [0.1, 0.15) is 43.6 Å². The Morgan fingerprint density at radius 2 is 1.20 bits per heavy atom. The molecule has 0 unspecified atom stereocenters. The zero-order valence-electron chi connectivity index (χ0n) is 47.3. The summed E-state index contributed by atoms with van der Waals surface area (Å²) in [5.74, 6) is -6.67. The molecule has 0 spiro atoms. The van der Waals surface area contributed by atoms with Crippen molar-refractivity contribution in [3.05, 3.63) is 128 Å². The third-order valence-corrected chi connectivity index (χ3v) is 13.5. The van der Waals surface area contributed by atoms with Gasteiger partial charge >= 0.3 is 18.5 Å². The van der Waals surface area contributed by atoms with Crippen molar-refractivity contribution in [3.63, 3.8) is 0 Å². The summed E-state index contributed by atoms with van der Waals surface area (Å²) in [7, 11) is 0. The molecule has 0 aliphatic carbocycles. The first-order chi connectivity index (χ1) is 42.8. The second-order valence-corrected chi connectivity index (χ2v) is 20.8. The molecule has 0 bridgehead atoms. The summed E-state index contributed by atoms with van der Waals surface area (Å²) in [5, 5.41) is 13.1. The predicted molar refractivity (Wildman–Crippen MR) is 319 cm³/mol. The van der Waals surface area contributed by atoms with E-state index in [0.29, 0.717) is 60.6 Å². The minimum absolute atomic E-state index is 0. The molecule has 1 aliphatic heterocycles. The maximum atomic E-state index is 14.0. The highest BCUT2D eigenvalue weighted by Gasteiger charge is 2.49. The van der Waals surface area contributed by atoms with E-state index in [9.17, 15) is 75.8 Å². The number of rotatable bonds is 15. The number of nitrogens with one attached hydrogen (secondary N) is 8. The Bertz CT molecular complexity index is 4320. The quantitative estimate of drug-likeness (QED) is 0.0444. The van der Waals surface area contributed by atoms with Crippen LogP contribution in [-0.2, 0) is 14.4 Å². The van der Waals surface area contributed by atoms with Crippen LogP contribution < -0.4 is 31.5 Å². The third kappa shape index (κ3) is 16.3. The topological polar surface area (TPSA) is 265 Å². The molecule has 20 nitrogen and oxygen atoms in total. The lowest BCUT2D eigenvalue weighted by Crippen LogP contribution is -2.50. The number of hydrogen-bond acceptors (Lipinski definition) is 14. The predicted octanol–water partition coefficient (Wildman–Crippen LogP) is 12.6. The number of pyridine rings is 2. The van der Waals surface area contributed by atoms with E-state index >= 15 is 0 Å². The van der Waals surface area contributed by atoms with Crippen molar-refractivity contribution in [1.82, 2.24) is 70.8 Å².